The summed E-state index contributed by atoms with van der Waals surface area (Å²) < 4.78 is 1.12. The van der Waals surface area contributed by atoms with Crippen LogP contribution in [-0.2, 0) is 25.9 Å². The molecule has 3 aromatic rings. The van der Waals surface area contributed by atoms with E-state index in [-0.39, 0.29) is 0 Å². The first kappa shape index (κ1) is 21.7. The van der Waals surface area contributed by atoms with E-state index in [4.69, 9.17) is 4.98 Å². The fraction of sp³-hybridized carbons (Fsp3) is 0.346. The molecule has 0 amide bonds. The van der Waals surface area contributed by atoms with Gasteiger partial charge in [-0.1, -0.05) is 60.1 Å². The van der Waals surface area contributed by atoms with Gasteiger partial charge in [0.2, 0.25) is 0 Å². The van der Waals surface area contributed by atoms with Crippen LogP contribution in [0, 0.1) is 13.8 Å². The van der Waals surface area contributed by atoms with Crippen LogP contribution in [0.4, 0.5) is 0 Å². The lowest BCUT2D eigenvalue weighted by atomic mass is 9.93. The Morgan fingerprint density at radius 1 is 0.897 bits per heavy atom. The lowest BCUT2D eigenvalue weighted by Crippen LogP contribution is -2.19. The fourth-order valence-electron chi connectivity index (χ4n) is 4.02. The molecular weight excluding hydrogens is 420 g/mol. The molecule has 0 radical (unpaired) electrons. The van der Waals surface area contributed by atoms with Gasteiger partial charge < -0.3 is 0 Å². The van der Waals surface area contributed by atoms with Gasteiger partial charge in [-0.25, -0.2) is 0 Å². The van der Waals surface area contributed by atoms with Gasteiger partial charge in [0.15, 0.2) is 0 Å². The molecule has 1 heterocycles. The molecule has 0 aliphatic heterocycles. The maximum Gasteiger partial charge on any atom is 0.0713 e. The summed E-state index contributed by atoms with van der Waals surface area (Å²) in [7, 11) is 2.18. The first-order valence-corrected chi connectivity index (χ1v) is 11.2. The number of hydrogen-bond donors (Lipinski definition) is 0. The minimum atomic E-state index is 0.900. The Labute approximate surface area is 184 Å². The molecule has 0 atom stereocenters. The van der Waals surface area contributed by atoms with E-state index in [2.05, 4.69) is 104 Å². The molecule has 2 aromatic carbocycles. The fourth-order valence-corrected chi connectivity index (χ4v) is 4.29. The van der Waals surface area contributed by atoms with E-state index in [0.29, 0.717) is 0 Å². The lowest BCUT2D eigenvalue weighted by molar-refractivity contribution is 0.317. The molecular formula is C26H31BrN2. The van der Waals surface area contributed by atoms with Crippen molar-refractivity contribution in [1.82, 2.24) is 9.88 Å². The van der Waals surface area contributed by atoms with E-state index < -0.39 is 0 Å². The van der Waals surface area contributed by atoms with Crippen LogP contribution in [0.3, 0.4) is 0 Å². The summed E-state index contributed by atoms with van der Waals surface area (Å²) in [5, 5.41) is 0. The van der Waals surface area contributed by atoms with E-state index in [0.717, 1.165) is 41.8 Å². The SMILES string of the molecule is CCc1cccc(CC)c1-c1cc(C)c(CN(C)Cc2ccc(Br)cc2)c(C)n1. The summed E-state index contributed by atoms with van der Waals surface area (Å²) in [5.74, 6) is 0. The van der Waals surface area contributed by atoms with Gasteiger partial charge in [-0.05, 0) is 79.8 Å². The van der Waals surface area contributed by atoms with Gasteiger partial charge in [0.25, 0.3) is 0 Å². The third kappa shape index (κ3) is 5.15. The van der Waals surface area contributed by atoms with E-state index >= 15 is 0 Å². The summed E-state index contributed by atoms with van der Waals surface area (Å²) in [6.45, 7) is 10.6. The molecule has 1 aromatic heterocycles. The average molecular weight is 451 g/mol. The van der Waals surface area contributed by atoms with Crippen molar-refractivity contribution < 1.29 is 0 Å². The molecule has 0 spiro atoms. The second kappa shape index (κ2) is 9.69. The predicted molar refractivity (Wildman–Crippen MR) is 127 cm³/mol. The van der Waals surface area contributed by atoms with Gasteiger partial charge in [-0.2, -0.15) is 0 Å². The zero-order chi connectivity index (χ0) is 21.0. The minimum Gasteiger partial charge on any atom is -0.298 e. The highest BCUT2D eigenvalue weighted by Gasteiger charge is 2.15. The van der Waals surface area contributed by atoms with Crippen molar-refractivity contribution >= 4 is 15.9 Å². The maximum atomic E-state index is 5.06. The van der Waals surface area contributed by atoms with Crippen LogP contribution in [0.2, 0.25) is 0 Å². The molecule has 3 rings (SSSR count). The number of rotatable bonds is 7. The zero-order valence-electron chi connectivity index (χ0n) is 18.2. The Balaban J connectivity index is 1.88. The molecule has 0 saturated heterocycles. The number of aryl methyl sites for hydroxylation is 4. The zero-order valence-corrected chi connectivity index (χ0v) is 19.8. The Morgan fingerprint density at radius 3 is 2.07 bits per heavy atom. The lowest BCUT2D eigenvalue weighted by Gasteiger charge is -2.21. The van der Waals surface area contributed by atoms with E-state index in [1.165, 1.54) is 33.4 Å². The third-order valence-electron chi connectivity index (χ3n) is 5.60. The molecule has 0 aliphatic rings. The first-order valence-electron chi connectivity index (χ1n) is 10.4. The van der Waals surface area contributed by atoms with Crippen molar-refractivity contribution in [1.29, 1.82) is 0 Å². The van der Waals surface area contributed by atoms with Crippen LogP contribution < -0.4 is 0 Å². The highest BCUT2D eigenvalue weighted by atomic mass is 79.9. The molecule has 2 nitrogen and oxygen atoms in total. The number of pyridine rings is 1. The quantitative estimate of drug-likeness (QED) is 0.389. The van der Waals surface area contributed by atoms with Gasteiger partial charge in [-0.15, -0.1) is 0 Å². The molecule has 0 N–H and O–H groups in total. The summed E-state index contributed by atoms with van der Waals surface area (Å²) in [4.78, 5) is 7.42. The molecule has 0 fully saturated rings. The van der Waals surface area contributed by atoms with Crippen molar-refractivity contribution in [2.24, 2.45) is 0 Å². The van der Waals surface area contributed by atoms with E-state index in [1.54, 1.807) is 0 Å². The normalized spacial score (nSPS) is 11.3. The van der Waals surface area contributed by atoms with Gasteiger partial charge in [0, 0.05) is 28.8 Å². The molecule has 29 heavy (non-hydrogen) atoms. The number of halogens is 1. The minimum absolute atomic E-state index is 0.900. The van der Waals surface area contributed by atoms with Crippen LogP contribution in [0.25, 0.3) is 11.3 Å². The third-order valence-corrected chi connectivity index (χ3v) is 6.13. The van der Waals surface area contributed by atoms with Crippen LogP contribution in [0.5, 0.6) is 0 Å². The van der Waals surface area contributed by atoms with Gasteiger partial charge >= 0.3 is 0 Å². The topological polar surface area (TPSA) is 16.1 Å². The van der Waals surface area contributed by atoms with E-state index in [9.17, 15) is 0 Å². The Kier molecular flexibility index (Phi) is 7.26. The largest absolute Gasteiger partial charge is 0.298 e. The molecule has 0 unspecified atom stereocenters. The van der Waals surface area contributed by atoms with Crippen LogP contribution in [0.1, 0.15) is 47.4 Å². The van der Waals surface area contributed by atoms with Crippen LogP contribution >= 0.6 is 15.9 Å². The highest BCUT2D eigenvalue weighted by molar-refractivity contribution is 9.10. The van der Waals surface area contributed by atoms with Gasteiger partial charge in [0.05, 0.1) is 5.69 Å². The van der Waals surface area contributed by atoms with Crippen LogP contribution in [-0.4, -0.2) is 16.9 Å². The summed E-state index contributed by atoms with van der Waals surface area (Å²) >= 11 is 3.51. The smallest absolute Gasteiger partial charge is 0.0713 e. The molecule has 0 bridgehead atoms. The van der Waals surface area contributed by atoms with Crippen molar-refractivity contribution in [2.45, 2.75) is 53.6 Å². The number of benzene rings is 2. The molecule has 3 heteroatoms. The van der Waals surface area contributed by atoms with Crippen LogP contribution in [0.15, 0.2) is 53.0 Å². The summed E-state index contributed by atoms with van der Waals surface area (Å²) in [5.41, 5.74) is 10.3. The molecule has 0 saturated carbocycles. The number of aromatic nitrogens is 1. The first-order chi connectivity index (χ1) is 13.9. The summed E-state index contributed by atoms with van der Waals surface area (Å²) in [6, 6.07) is 17.5. The monoisotopic (exact) mass is 450 g/mol. The Hall–Kier alpha value is -1.97. The molecule has 152 valence electrons. The second-order valence-corrected chi connectivity index (χ2v) is 8.76. The van der Waals surface area contributed by atoms with Gasteiger partial charge in [0.1, 0.15) is 0 Å². The Bertz CT molecular complexity index is 931. The maximum absolute atomic E-state index is 5.06. The predicted octanol–water partition coefficient (Wildman–Crippen LogP) is 6.88. The number of nitrogens with zero attached hydrogens (tertiary/aromatic N) is 2. The second-order valence-electron chi connectivity index (χ2n) is 7.85. The highest BCUT2D eigenvalue weighted by Crippen LogP contribution is 2.30. The Morgan fingerprint density at radius 2 is 1.52 bits per heavy atom. The van der Waals surface area contributed by atoms with Crippen molar-refractivity contribution in [3.8, 4) is 11.3 Å². The van der Waals surface area contributed by atoms with Gasteiger partial charge in [-0.3, -0.25) is 9.88 Å². The van der Waals surface area contributed by atoms with Crippen molar-refractivity contribution in [3.63, 3.8) is 0 Å². The average Bonchev–Trinajstić information content (AvgIpc) is 2.71. The number of hydrogen-bond acceptors (Lipinski definition) is 2. The van der Waals surface area contributed by atoms with Crippen molar-refractivity contribution in [2.75, 3.05) is 7.05 Å². The van der Waals surface area contributed by atoms with Crippen molar-refractivity contribution in [3.05, 3.63) is 86.5 Å². The molecule has 0 aliphatic carbocycles. The van der Waals surface area contributed by atoms with E-state index in [1.807, 2.05) is 0 Å². The standard InChI is InChI=1S/C26H31BrN2/c1-6-21-9-8-10-22(7-2)26(21)25-15-18(3)24(19(4)28-25)17-29(5)16-20-11-13-23(27)14-12-20/h8-15H,6-7,16-17H2,1-5H3. The summed E-state index contributed by atoms with van der Waals surface area (Å²) in [6.07, 6.45) is 2.06.